The fraction of sp³-hybridized carbons (Fsp3) is 0.350. The van der Waals surface area contributed by atoms with Crippen LogP contribution in [0.1, 0.15) is 25.1 Å². The fourth-order valence-corrected chi connectivity index (χ4v) is 3.14. The lowest BCUT2D eigenvalue weighted by Gasteiger charge is -2.18. The Balaban J connectivity index is 1.97. The molecule has 0 spiro atoms. The van der Waals surface area contributed by atoms with E-state index in [2.05, 4.69) is 10.1 Å². The van der Waals surface area contributed by atoms with E-state index >= 15 is 0 Å². The zero-order chi connectivity index (χ0) is 19.6. The maximum absolute atomic E-state index is 13.6. The number of rotatable bonds is 6. The van der Waals surface area contributed by atoms with Crippen LogP contribution in [0.15, 0.2) is 30.3 Å². The molecular weight excluding hydrogens is 347 g/mol. The van der Waals surface area contributed by atoms with Gasteiger partial charge in [0.05, 0.1) is 11.4 Å². The van der Waals surface area contributed by atoms with Crippen LogP contribution in [-0.2, 0) is 4.79 Å². The first-order chi connectivity index (χ1) is 12.9. The second-order valence-electron chi connectivity index (χ2n) is 6.31. The largest absolute Gasteiger partial charge is 0.467 e. The maximum Gasteiger partial charge on any atom is 0.260 e. The van der Waals surface area contributed by atoms with Crippen LogP contribution in [0, 0.1) is 19.7 Å². The lowest BCUT2D eigenvalue weighted by atomic mass is 10.2. The van der Waals surface area contributed by atoms with Crippen LogP contribution >= 0.6 is 0 Å². The molecule has 2 heterocycles. The zero-order valence-corrected chi connectivity index (χ0v) is 16.0. The lowest BCUT2D eigenvalue weighted by molar-refractivity contribution is -0.133. The van der Waals surface area contributed by atoms with E-state index < -0.39 is 0 Å². The molecule has 0 bridgehead atoms. The molecular formula is C20H23FN4O2. The monoisotopic (exact) mass is 370 g/mol. The van der Waals surface area contributed by atoms with Crippen LogP contribution in [0.2, 0.25) is 0 Å². The van der Waals surface area contributed by atoms with Gasteiger partial charge in [-0.15, -0.1) is 0 Å². The van der Waals surface area contributed by atoms with Crippen LogP contribution in [0.4, 0.5) is 4.39 Å². The number of fused-ring (bicyclic) bond motifs is 1. The average Bonchev–Trinajstić information content (AvgIpc) is 2.98. The molecule has 0 unspecified atom stereocenters. The smallest absolute Gasteiger partial charge is 0.260 e. The van der Waals surface area contributed by atoms with Gasteiger partial charge in [0.15, 0.2) is 12.3 Å². The SMILES string of the molecule is CCN(CC)C(=O)COc1cc(C)c2c(C)nn(-c3cccc(F)c3)c2n1. The summed E-state index contributed by atoms with van der Waals surface area (Å²) >= 11 is 0. The summed E-state index contributed by atoms with van der Waals surface area (Å²) in [6.45, 7) is 8.87. The van der Waals surface area contributed by atoms with Gasteiger partial charge in [0.25, 0.3) is 5.91 Å². The quantitative estimate of drug-likeness (QED) is 0.667. The Hall–Kier alpha value is -2.96. The lowest BCUT2D eigenvalue weighted by Crippen LogP contribution is -2.34. The second kappa shape index (κ2) is 7.73. The van der Waals surface area contributed by atoms with Crippen molar-refractivity contribution in [3.8, 4) is 11.6 Å². The third-order valence-corrected chi connectivity index (χ3v) is 4.50. The topological polar surface area (TPSA) is 60.3 Å². The predicted octanol–water partition coefficient (Wildman–Crippen LogP) is 3.42. The van der Waals surface area contributed by atoms with E-state index in [0.717, 1.165) is 16.6 Å². The standard InChI is InChI=1S/C20H23FN4O2/c1-5-24(6-2)18(26)12-27-17-10-13(3)19-14(4)23-25(20(19)22-17)16-9-7-8-15(21)11-16/h7-11H,5-6,12H2,1-4H3. The number of pyridine rings is 1. The van der Waals surface area contributed by atoms with Crippen molar-refractivity contribution in [3.05, 3.63) is 47.4 Å². The highest BCUT2D eigenvalue weighted by molar-refractivity contribution is 5.84. The molecule has 2 aromatic heterocycles. The summed E-state index contributed by atoms with van der Waals surface area (Å²) in [4.78, 5) is 18.4. The van der Waals surface area contributed by atoms with Crippen LogP contribution in [-0.4, -0.2) is 45.3 Å². The van der Waals surface area contributed by atoms with Gasteiger partial charge in [0.2, 0.25) is 5.88 Å². The van der Waals surface area contributed by atoms with E-state index in [1.54, 1.807) is 27.8 Å². The van der Waals surface area contributed by atoms with E-state index in [9.17, 15) is 9.18 Å². The average molecular weight is 370 g/mol. The summed E-state index contributed by atoms with van der Waals surface area (Å²) in [7, 11) is 0. The van der Waals surface area contributed by atoms with Gasteiger partial charge in [-0.2, -0.15) is 10.1 Å². The van der Waals surface area contributed by atoms with Gasteiger partial charge in [-0.1, -0.05) is 6.07 Å². The van der Waals surface area contributed by atoms with Gasteiger partial charge in [-0.05, 0) is 51.5 Å². The third-order valence-electron chi connectivity index (χ3n) is 4.50. The van der Waals surface area contributed by atoms with Gasteiger partial charge < -0.3 is 9.64 Å². The van der Waals surface area contributed by atoms with Gasteiger partial charge in [0.1, 0.15) is 5.82 Å². The van der Waals surface area contributed by atoms with E-state index in [4.69, 9.17) is 4.74 Å². The molecule has 0 aliphatic carbocycles. The third kappa shape index (κ3) is 3.77. The highest BCUT2D eigenvalue weighted by atomic mass is 19.1. The number of nitrogens with zero attached hydrogens (tertiary/aromatic N) is 4. The molecule has 3 rings (SSSR count). The Bertz CT molecular complexity index is 980. The first-order valence-electron chi connectivity index (χ1n) is 8.98. The molecule has 0 saturated heterocycles. The Morgan fingerprint density at radius 2 is 1.96 bits per heavy atom. The van der Waals surface area contributed by atoms with Crippen LogP contribution in [0.5, 0.6) is 5.88 Å². The fourth-order valence-electron chi connectivity index (χ4n) is 3.14. The highest BCUT2D eigenvalue weighted by Crippen LogP contribution is 2.26. The normalized spacial score (nSPS) is 11.0. The minimum atomic E-state index is -0.345. The summed E-state index contributed by atoms with van der Waals surface area (Å²) in [5.74, 6) is -0.0878. The molecule has 0 radical (unpaired) electrons. The molecule has 6 nitrogen and oxygen atoms in total. The molecule has 142 valence electrons. The van der Waals surface area contributed by atoms with E-state index in [1.807, 2.05) is 27.7 Å². The molecule has 0 N–H and O–H groups in total. The maximum atomic E-state index is 13.6. The van der Waals surface area contributed by atoms with E-state index in [-0.39, 0.29) is 18.3 Å². The first kappa shape index (κ1) is 18.8. The van der Waals surface area contributed by atoms with Crippen molar-refractivity contribution in [3.63, 3.8) is 0 Å². The molecule has 1 aromatic carbocycles. The van der Waals surface area contributed by atoms with Crippen LogP contribution in [0.3, 0.4) is 0 Å². The number of amides is 1. The van der Waals surface area contributed by atoms with Gasteiger partial charge in [0, 0.05) is 24.5 Å². The van der Waals surface area contributed by atoms with Crippen molar-refractivity contribution in [1.82, 2.24) is 19.7 Å². The number of benzene rings is 1. The Labute approximate surface area is 157 Å². The molecule has 0 atom stereocenters. The number of carbonyl (C=O) groups is 1. The second-order valence-corrected chi connectivity index (χ2v) is 6.31. The summed E-state index contributed by atoms with van der Waals surface area (Å²) in [5, 5.41) is 5.40. The number of aryl methyl sites for hydroxylation is 2. The summed E-state index contributed by atoms with van der Waals surface area (Å²) in [6.07, 6.45) is 0. The molecule has 1 amide bonds. The van der Waals surface area contributed by atoms with E-state index in [0.29, 0.717) is 30.3 Å². The summed E-state index contributed by atoms with van der Waals surface area (Å²) in [5.41, 5.74) is 2.88. The van der Waals surface area contributed by atoms with Crippen molar-refractivity contribution in [1.29, 1.82) is 0 Å². The van der Waals surface area contributed by atoms with Crippen molar-refractivity contribution >= 4 is 16.9 Å². The van der Waals surface area contributed by atoms with Crippen molar-refractivity contribution in [2.24, 2.45) is 0 Å². The van der Waals surface area contributed by atoms with Crippen molar-refractivity contribution in [2.45, 2.75) is 27.7 Å². The highest BCUT2D eigenvalue weighted by Gasteiger charge is 2.16. The molecule has 0 saturated carbocycles. The minimum Gasteiger partial charge on any atom is -0.467 e. The molecule has 0 aliphatic rings. The van der Waals surface area contributed by atoms with Crippen molar-refractivity contribution < 1.29 is 13.9 Å². The molecule has 0 aliphatic heterocycles. The minimum absolute atomic E-state index is 0.0767. The number of hydrogen-bond donors (Lipinski definition) is 0. The number of ether oxygens (including phenoxy) is 1. The van der Waals surface area contributed by atoms with Crippen molar-refractivity contribution in [2.75, 3.05) is 19.7 Å². The Kier molecular flexibility index (Phi) is 5.39. The number of halogens is 1. The Morgan fingerprint density at radius 1 is 1.22 bits per heavy atom. The Morgan fingerprint density at radius 3 is 2.63 bits per heavy atom. The molecule has 0 fully saturated rings. The summed E-state index contributed by atoms with van der Waals surface area (Å²) in [6, 6.07) is 7.98. The van der Waals surface area contributed by atoms with Gasteiger partial charge >= 0.3 is 0 Å². The van der Waals surface area contributed by atoms with Gasteiger partial charge in [-0.25, -0.2) is 9.07 Å². The van der Waals surface area contributed by atoms with Crippen LogP contribution in [0.25, 0.3) is 16.7 Å². The van der Waals surface area contributed by atoms with E-state index in [1.165, 1.54) is 12.1 Å². The molecule has 27 heavy (non-hydrogen) atoms. The number of carbonyl (C=O) groups excluding carboxylic acids is 1. The number of hydrogen-bond acceptors (Lipinski definition) is 4. The number of aromatic nitrogens is 3. The van der Waals surface area contributed by atoms with Crippen LogP contribution < -0.4 is 4.74 Å². The first-order valence-corrected chi connectivity index (χ1v) is 8.98. The van der Waals surface area contributed by atoms with Gasteiger partial charge in [-0.3, -0.25) is 4.79 Å². The molecule has 3 aromatic rings. The predicted molar refractivity (Wildman–Crippen MR) is 102 cm³/mol. The number of likely N-dealkylation sites (N-methyl/N-ethyl adjacent to an activating group) is 1. The zero-order valence-electron chi connectivity index (χ0n) is 16.0. The molecule has 7 heteroatoms. The summed E-state index contributed by atoms with van der Waals surface area (Å²) < 4.78 is 20.9.